The van der Waals surface area contributed by atoms with Gasteiger partial charge in [-0.05, 0) is 32.4 Å². The average molecular weight is 249 g/mol. The molecule has 0 radical (unpaired) electrons. The predicted molar refractivity (Wildman–Crippen MR) is 72.3 cm³/mol. The molecule has 2 rings (SSSR count). The van der Waals surface area contributed by atoms with E-state index in [0.717, 1.165) is 37.6 Å². The molecular weight excluding hydrogens is 226 g/mol. The van der Waals surface area contributed by atoms with Crippen molar-refractivity contribution < 1.29 is 4.74 Å². The van der Waals surface area contributed by atoms with Crippen molar-refractivity contribution in [1.29, 1.82) is 0 Å². The van der Waals surface area contributed by atoms with E-state index in [2.05, 4.69) is 28.9 Å². The molecule has 1 fully saturated rings. The highest BCUT2D eigenvalue weighted by Crippen LogP contribution is 2.22. The Labute approximate surface area is 109 Å². The van der Waals surface area contributed by atoms with Crippen molar-refractivity contribution in [2.45, 2.75) is 32.4 Å². The van der Waals surface area contributed by atoms with Gasteiger partial charge >= 0.3 is 0 Å². The Hall–Kier alpha value is -0.970. The van der Waals surface area contributed by atoms with Crippen molar-refractivity contribution in [3.63, 3.8) is 0 Å². The Morgan fingerprint density at radius 2 is 2.00 bits per heavy atom. The second-order valence-corrected chi connectivity index (χ2v) is 5.52. The number of rotatable bonds is 3. The molecule has 1 aliphatic heterocycles. The average Bonchev–Trinajstić information content (AvgIpc) is 2.38. The van der Waals surface area contributed by atoms with Gasteiger partial charge in [0.1, 0.15) is 0 Å². The summed E-state index contributed by atoms with van der Waals surface area (Å²) in [5.74, 6) is 0. The number of hydrogen-bond acceptors (Lipinski definition) is 4. The zero-order valence-electron chi connectivity index (χ0n) is 11.5. The summed E-state index contributed by atoms with van der Waals surface area (Å²) >= 11 is 0. The lowest BCUT2D eigenvalue weighted by molar-refractivity contribution is 0.0190. The maximum Gasteiger partial charge on any atom is 0.0594 e. The van der Waals surface area contributed by atoms with Gasteiger partial charge in [0.2, 0.25) is 0 Å². The summed E-state index contributed by atoms with van der Waals surface area (Å²) in [6.45, 7) is 9.78. The number of ether oxygens (including phenoxy) is 1. The molecule has 0 aliphatic carbocycles. The summed E-state index contributed by atoms with van der Waals surface area (Å²) in [5, 5.41) is 0. The minimum Gasteiger partial charge on any atom is -0.379 e. The summed E-state index contributed by atoms with van der Waals surface area (Å²) in [6, 6.07) is 4.51. The van der Waals surface area contributed by atoms with E-state index in [-0.39, 0.29) is 5.54 Å². The molecule has 4 heteroatoms. The summed E-state index contributed by atoms with van der Waals surface area (Å²) in [7, 11) is 0. The van der Waals surface area contributed by atoms with E-state index in [9.17, 15) is 0 Å². The fourth-order valence-electron chi connectivity index (χ4n) is 2.19. The van der Waals surface area contributed by atoms with Crippen LogP contribution in [0.15, 0.2) is 18.3 Å². The van der Waals surface area contributed by atoms with Crippen molar-refractivity contribution >= 4 is 0 Å². The molecule has 0 bridgehead atoms. The first-order valence-corrected chi connectivity index (χ1v) is 6.55. The van der Waals surface area contributed by atoms with Gasteiger partial charge in [-0.25, -0.2) is 0 Å². The first kappa shape index (κ1) is 13.5. The molecule has 1 aromatic heterocycles. The van der Waals surface area contributed by atoms with Crippen molar-refractivity contribution in [2.24, 2.45) is 5.73 Å². The summed E-state index contributed by atoms with van der Waals surface area (Å²) < 4.78 is 5.37. The molecule has 4 nitrogen and oxygen atoms in total. The van der Waals surface area contributed by atoms with Crippen LogP contribution >= 0.6 is 0 Å². The monoisotopic (exact) mass is 249 g/mol. The first-order valence-electron chi connectivity index (χ1n) is 6.55. The van der Waals surface area contributed by atoms with E-state index in [0.29, 0.717) is 6.04 Å². The predicted octanol–water partition coefficient (Wildman–Crippen LogP) is 1.67. The highest BCUT2D eigenvalue weighted by atomic mass is 16.5. The van der Waals surface area contributed by atoms with Crippen LogP contribution in [-0.4, -0.2) is 36.2 Å². The Balaban J connectivity index is 2.09. The van der Waals surface area contributed by atoms with Gasteiger partial charge in [-0.1, -0.05) is 6.07 Å². The molecule has 1 aliphatic rings. The quantitative estimate of drug-likeness (QED) is 0.885. The minimum absolute atomic E-state index is 0.326. The zero-order valence-corrected chi connectivity index (χ0v) is 11.5. The molecule has 0 aromatic carbocycles. The normalized spacial score (nSPS) is 19.8. The lowest BCUT2D eigenvalue weighted by atomic mass is 9.97. The topological polar surface area (TPSA) is 51.4 Å². The van der Waals surface area contributed by atoms with E-state index in [1.165, 1.54) is 0 Å². The van der Waals surface area contributed by atoms with Crippen LogP contribution in [0.2, 0.25) is 0 Å². The van der Waals surface area contributed by atoms with Crippen LogP contribution in [0.25, 0.3) is 0 Å². The van der Waals surface area contributed by atoms with Crippen molar-refractivity contribution in [3.8, 4) is 0 Å². The molecule has 100 valence electrons. The summed E-state index contributed by atoms with van der Waals surface area (Å²) in [6.07, 6.45) is 1.90. The third-order valence-corrected chi connectivity index (χ3v) is 3.55. The molecule has 1 unspecified atom stereocenters. The van der Waals surface area contributed by atoms with Crippen LogP contribution < -0.4 is 5.73 Å². The fourth-order valence-corrected chi connectivity index (χ4v) is 2.19. The lowest BCUT2D eigenvalue weighted by Crippen LogP contribution is -2.38. The first-order chi connectivity index (χ1) is 8.48. The van der Waals surface area contributed by atoms with Crippen LogP contribution in [0.5, 0.6) is 0 Å². The van der Waals surface area contributed by atoms with Crippen molar-refractivity contribution in [1.82, 2.24) is 9.88 Å². The van der Waals surface area contributed by atoms with Crippen molar-refractivity contribution in [2.75, 3.05) is 26.3 Å². The minimum atomic E-state index is -0.326. The summed E-state index contributed by atoms with van der Waals surface area (Å²) in [4.78, 5) is 6.96. The number of pyridine rings is 1. The standard InChI is InChI=1S/C14H23N3O/c1-11(17-6-8-18-9-7-17)13-5-4-12(10-16-13)14(2,3)15/h4-5,10-11H,6-9,15H2,1-3H3. The maximum atomic E-state index is 6.06. The van der Waals surface area contributed by atoms with Gasteiger partial charge in [0.05, 0.1) is 18.9 Å². The van der Waals surface area contributed by atoms with E-state index >= 15 is 0 Å². The smallest absolute Gasteiger partial charge is 0.0594 e. The van der Waals surface area contributed by atoms with Gasteiger partial charge in [-0.2, -0.15) is 0 Å². The second kappa shape index (κ2) is 5.34. The largest absolute Gasteiger partial charge is 0.379 e. The number of nitrogens with two attached hydrogens (primary N) is 1. The van der Waals surface area contributed by atoms with E-state index in [1.54, 1.807) is 0 Å². The molecular formula is C14H23N3O. The number of morpholine rings is 1. The maximum absolute atomic E-state index is 6.06. The molecule has 1 saturated heterocycles. The molecule has 0 spiro atoms. The molecule has 2 heterocycles. The molecule has 1 atom stereocenters. The number of aromatic nitrogens is 1. The van der Waals surface area contributed by atoms with Gasteiger partial charge in [-0.15, -0.1) is 0 Å². The molecule has 0 amide bonds. The number of nitrogens with zero attached hydrogens (tertiary/aromatic N) is 2. The molecule has 1 aromatic rings. The third kappa shape index (κ3) is 3.07. The Morgan fingerprint density at radius 3 is 2.50 bits per heavy atom. The van der Waals surface area contributed by atoms with Gasteiger partial charge in [0.25, 0.3) is 0 Å². The van der Waals surface area contributed by atoms with Crippen LogP contribution in [0.4, 0.5) is 0 Å². The molecule has 2 N–H and O–H groups in total. The van der Waals surface area contributed by atoms with Gasteiger partial charge in [0.15, 0.2) is 0 Å². The van der Waals surface area contributed by atoms with Crippen molar-refractivity contribution in [3.05, 3.63) is 29.6 Å². The third-order valence-electron chi connectivity index (χ3n) is 3.55. The Kier molecular flexibility index (Phi) is 4.00. The van der Waals surface area contributed by atoms with E-state index < -0.39 is 0 Å². The van der Waals surface area contributed by atoms with Gasteiger partial charge in [0, 0.05) is 30.9 Å². The molecule has 18 heavy (non-hydrogen) atoms. The van der Waals surface area contributed by atoms with Crippen LogP contribution in [0.3, 0.4) is 0 Å². The van der Waals surface area contributed by atoms with Crippen LogP contribution in [-0.2, 0) is 10.3 Å². The highest BCUT2D eigenvalue weighted by molar-refractivity contribution is 5.22. The van der Waals surface area contributed by atoms with Gasteiger partial charge in [-0.3, -0.25) is 9.88 Å². The van der Waals surface area contributed by atoms with E-state index in [1.807, 2.05) is 20.0 Å². The molecule has 0 saturated carbocycles. The number of hydrogen-bond donors (Lipinski definition) is 1. The second-order valence-electron chi connectivity index (χ2n) is 5.52. The zero-order chi connectivity index (χ0) is 13.2. The SMILES string of the molecule is CC(c1ccc(C(C)(C)N)cn1)N1CCOCC1. The van der Waals surface area contributed by atoms with E-state index in [4.69, 9.17) is 10.5 Å². The lowest BCUT2D eigenvalue weighted by Gasteiger charge is -2.32. The Bertz CT molecular complexity index is 377. The van der Waals surface area contributed by atoms with Crippen LogP contribution in [0.1, 0.15) is 38.1 Å². The Morgan fingerprint density at radius 1 is 1.33 bits per heavy atom. The fraction of sp³-hybridized carbons (Fsp3) is 0.643. The van der Waals surface area contributed by atoms with Gasteiger partial charge < -0.3 is 10.5 Å². The van der Waals surface area contributed by atoms with Crippen LogP contribution in [0, 0.1) is 0 Å². The highest BCUT2D eigenvalue weighted by Gasteiger charge is 2.20. The summed E-state index contributed by atoms with van der Waals surface area (Å²) in [5.41, 5.74) is 7.90.